The lowest BCUT2D eigenvalue weighted by Crippen LogP contribution is -2.40. The van der Waals surface area contributed by atoms with Crippen LogP contribution in [0.2, 0.25) is 0 Å². The zero-order valence-electron chi connectivity index (χ0n) is 16.9. The summed E-state index contributed by atoms with van der Waals surface area (Å²) in [5.41, 5.74) is 0.471. The molecule has 1 fully saturated rings. The van der Waals surface area contributed by atoms with Gasteiger partial charge in [-0.05, 0) is 69.3 Å². The second-order valence-electron chi connectivity index (χ2n) is 8.12. The molecule has 1 aliphatic heterocycles. The van der Waals surface area contributed by atoms with Gasteiger partial charge < -0.3 is 10.2 Å². The number of carbonyl (C=O) groups is 1. The van der Waals surface area contributed by atoms with Crippen LogP contribution >= 0.6 is 0 Å². The number of carbonyl (C=O) groups excluding carboxylic acids is 1. The molecule has 152 valence electrons. The average molecular weight is 396 g/mol. The van der Waals surface area contributed by atoms with Crippen molar-refractivity contribution in [2.24, 2.45) is 11.8 Å². The van der Waals surface area contributed by atoms with Crippen LogP contribution in [0, 0.1) is 11.8 Å². The quantitative estimate of drug-likeness (QED) is 0.663. The molecule has 0 bridgehead atoms. The first-order valence-corrected chi connectivity index (χ1v) is 11.3. The molecule has 1 aromatic rings. The van der Waals surface area contributed by atoms with Crippen molar-refractivity contribution in [1.29, 1.82) is 0 Å². The van der Waals surface area contributed by atoms with Crippen molar-refractivity contribution in [3.05, 3.63) is 29.8 Å². The van der Waals surface area contributed by atoms with E-state index in [0.717, 1.165) is 37.9 Å². The molecule has 2 N–H and O–H groups in total. The number of sulfonamides is 1. The van der Waals surface area contributed by atoms with Crippen molar-refractivity contribution < 1.29 is 13.2 Å². The summed E-state index contributed by atoms with van der Waals surface area (Å²) < 4.78 is 26.8. The van der Waals surface area contributed by atoms with Crippen LogP contribution in [0.4, 0.5) is 0 Å². The second-order valence-corrected chi connectivity index (χ2v) is 9.83. The summed E-state index contributed by atoms with van der Waals surface area (Å²) in [6, 6.07) is 5.87. The maximum absolute atomic E-state index is 12.2. The van der Waals surface area contributed by atoms with Crippen molar-refractivity contribution in [2.45, 2.75) is 51.5 Å². The second kappa shape index (κ2) is 9.66. The molecule has 1 saturated heterocycles. The molecule has 6 nitrogen and oxygen atoms in total. The van der Waals surface area contributed by atoms with Crippen molar-refractivity contribution in [1.82, 2.24) is 14.9 Å². The largest absolute Gasteiger partial charge is 0.352 e. The summed E-state index contributed by atoms with van der Waals surface area (Å²) in [5, 5.41) is 2.92. The van der Waals surface area contributed by atoms with E-state index in [1.54, 1.807) is 26.0 Å². The van der Waals surface area contributed by atoms with Gasteiger partial charge in [0.15, 0.2) is 0 Å². The molecule has 27 heavy (non-hydrogen) atoms. The van der Waals surface area contributed by atoms with Gasteiger partial charge in [0.2, 0.25) is 10.0 Å². The van der Waals surface area contributed by atoms with Crippen molar-refractivity contribution in [2.75, 3.05) is 26.2 Å². The van der Waals surface area contributed by atoms with Crippen LogP contribution in [0.5, 0.6) is 0 Å². The fourth-order valence-corrected chi connectivity index (χ4v) is 5.00. The van der Waals surface area contributed by atoms with Crippen LogP contribution in [0.15, 0.2) is 29.2 Å². The summed E-state index contributed by atoms with van der Waals surface area (Å²) in [7, 11) is -3.53. The number of hydrogen-bond acceptors (Lipinski definition) is 4. The van der Waals surface area contributed by atoms with Gasteiger partial charge >= 0.3 is 0 Å². The lowest BCUT2D eigenvalue weighted by molar-refractivity contribution is 0.0947. The lowest BCUT2D eigenvalue weighted by atomic mass is 9.92. The molecule has 1 heterocycles. The Morgan fingerprint density at radius 3 is 2.30 bits per heavy atom. The number of rotatable bonds is 8. The minimum absolute atomic E-state index is 0.168. The third-order valence-corrected chi connectivity index (χ3v) is 6.37. The molecule has 2 atom stereocenters. The molecule has 2 rings (SSSR count). The third-order valence-electron chi connectivity index (χ3n) is 4.70. The molecule has 0 aromatic heterocycles. The molecular formula is C20H33N3O3S. The van der Waals surface area contributed by atoms with E-state index in [1.807, 2.05) is 0 Å². The predicted octanol–water partition coefficient (Wildman–Crippen LogP) is 2.47. The lowest BCUT2D eigenvalue weighted by Gasteiger charge is -2.34. The van der Waals surface area contributed by atoms with Crippen LogP contribution < -0.4 is 10.0 Å². The topological polar surface area (TPSA) is 78.5 Å². The highest BCUT2D eigenvalue weighted by atomic mass is 32.2. The van der Waals surface area contributed by atoms with Gasteiger partial charge in [0, 0.05) is 31.2 Å². The van der Waals surface area contributed by atoms with Gasteiger partial charge in [0.05, 0.1) is 4.90 Å². The Balaban J connectivity index is 1.79. The first kappa shape index (κ1) is 21.9. The van der Waals surface area contributed by atoms with E-state index in [9.17, 15) is 13.2 Å². The Morgan fingerprint density at radius 2 is 1.74 bits per heavy atom. The van der Waals surface area contributed by atoms with Crippen LogP contribution in [0.1, 0.15) is 50.9 Å². The van der Waals surface area contributed by atoms with E-state index < -0.39 is 10.0 Å². The molecule has 1 aromatic carbocycles. The first-order chi connectivity index (χ1) is 12.7. The number of likely N-dealkylation sites (tertiary alicyclic amines) is 1. The maximum Gasteiger partial charge on any atom is 0.251 e. The molecule has 0 radical (unpaired) electrons. The number of amides is 1. The fraction of sp³-hybridized carbons (Fsp3) is 0.650. The van der Waals surface area contributed by atoms with Gasteiger partial charge in [-0.1, -0.05) is 13.8 Å². The number of hydrogen-bond donors (Lipinski definition) is 2. The number of nitrogens with one attached hydrogen (secondary N) is 2. The smallest absolute Gasteiger partial charge is 0.251 e. The molecule has 0 aliphatic carbocycles. The normalized spacial score (nSPS) is 21.4. The van der Waals surface area contributed by atoms with E-state index in [2.05, 4.69) is 28.8 Å². The Kier molecular flexibility index (Phi) is 7.82. The van der Waals surface area contributed by atoms with Crippen LogP contribution in [0.25, 0.3) is 0 Å². The zero-order chi connectivity index (χ0) is 20.0. The number of piperidine rings is 1. The molecule has 1 aliphatic rings. The minimum atomic E-state index is -3.53. The highest BCUT2D eigenvalue weighted by Crippen LogP contribution is 2.20. The summed E-state index contributed by atoms with van der Waals surface area (Å²) in [6.45, 7) is 12.0. The average Bonchev–Trinajstić information content (AvgIpc) is 2.57. The van der Waals surface area contributed by atoms with Gasteiger partial charge in [-0.2, -0.15) is 0 Å². The van der Waals surface area contributed by atoms with Gasteiger partial charge in [0.25, 0.3) is 5.91 Å². The SMILES string of the molecule is CC1CC(C)CN(CCCNC(=O)c2ccc(S(=O)(=O)NC(C)C)cc2)C1. The Bertz CT molecular complexity index is 706. The molecular weight excluding hydrogens is 362 g/mol. The summed E-state index contributed by atoms with van der Waals surface area (Å²) in [5.74, 6) is 1.31. The summed E-state index contributed by atoms with van der Waals surface area (Å²) in [6.07, 6.45) is 2.21. The first-order valence-electron chi connectivity index (χ1n) is 9.80. The third kappa shape index (κ3) is 6.90. The standard InChI is InChI=1S/C20H33N3O3S/c1-15(2)22-27(25,26)19-8-6-18(7-9-19)20(24)21-10-5-11-23-13-16(3)12-17(4)14-23/h6-9,15-17,22H,5,10-14H2,1-4H3,(H,21,24). The Hall–Kier alpha value is -1.44. The van der Waals surface area contributed by atoms with Gasteiger partial charge in [-0.3, -0.25) is 4.79 Å². The maximum atomic E-state index is 12.2. The van der Waals surface area contributed by atoms with Gasteiger partial charge in [-0.25, -0.2) is 13.1 Å². The monoisotopic (exact) mass is 395 g/mol. The van der Waals surface area contributed by atoms with E-state index in [1.165, 1.54) is 18.6 Å². The molecule has 0 saturated carbocycles. The highest BCUT2D eigenvalue weighted by Gasteiger charge is 2.21. The molecule has 2 unspecified atom stereocenters. The van der Waals surface area contributed by atoms with E-state index in [0.29, 0.717) is 12.1 Å². The zero-order valence-corrected chi connectivity index (χ0v) is 17.7. The van der Waals surface area contributed by atoms with E-state index in [4.69, 9.17) is 0 Å². The minimum Gasteiger partial charge on any atom is -0.352 e. The Labute approximate surface area is 163 Å². The Morgan fingerprint density at radius 1 is 1.15 bits per heavy atom. The number of benzene rings is 1. The predicted molar refractivity (Wildman–Crippen MR) is 108 cm³/mol. The van der Waals surface area contributed by atoms with Crippen molar-refractivity contribution in [3.8, 4) is 0 Å². The van der Waals surface area contributed by atoms with Crippen LogP contribution in [-0.4, -0.2) is 51.4 Å². The fourth-order valence-electron chi connectivity index (χ4n) is 3.75. The van der Waals surface area contributed by atoms with Crippen LogP contribution in [0.3, 0.4) is 0 Å². The van der Waals surface area contributed by atoms with Crippen LogP contribution in [-0.2, 0) is 10.0 Å². The van der Waals surface area contributed by atoms with Gasteiger partial charge in [-0.15, -0.1) is 0 Å². The van der Waals surface area contributed by atoms with Gasteiger partial charge in [0.1, 0.15) is 0 Å². The highest BCUT2D eigenvalue weighted by molar-refractivity contribution is 7.89. The summed E-state index contributed by atoms with van der Waals surface area (Å²) in [4.78, 5) is 14.9. The molecule has 7 heteroatoms. The molecule has 0 spiro atoms. The molecule has 1 amide bonds. The van der Waals surface area contributed by atoms with Crippen molar-refractivity contribution >= 4 is 15.9 Å². The van der Waals surface area contributed by atoms with E-state index in [-0.39, 0.29) is 16.8 Å². The summed E-state index contributed by atoms with van der Waals surface area (Å²) >= 11 is 0. The number of nitrogens with zero attached hydrogens (tertiary/aromatic N) is 1. The van der Waals surface area contributed by atoms with Crippen molar-refractivity contribution in [3.63, 3.8) is 0 Å². The van der Waals surface area contributed by atoms with E-state index >= 15 is 0 Å².